The van der Waals surface area contributed by atoms with E-state index in [4.69, 9.17) is 31.2 Å². The fourth-order valence-electron chi connectivity index (χ4n) is 4.43. The van der Waals surface area contributed by atoms with Crippen molar-refractivity contribution in [3.63, 3.8) is 0 Å². The van der Waals surface area contributed by atoms with Crippen LogP contribution in [0.5, 0.6) is 17.2 Å². The molecule has 1 atom stereocenters. The third-order valence-corrected chi connectivity index (χ3v) is 6.76. The Hall–Kier alpha value is -3.78. The van der Waals surface area contributed by atoms with E-state index < -0.39 is 0 Å². The number of anilines is 1. The van der Waals surface area contributed by atoms with Crippen LogP contribution in [0.2, 0.25) is 0 Å². The molecule has 37 heavy (non-hydrogen) atoms. The minimum absolute atomic E-state index is 0.169. The van der Waals surface area contributed by atoms with Gasteiger partial charge in [-0.15, -0.1) is 0 Å². The second-order valence-electron chi connectivity index (χ2n) is 8.67. The molecule has 0 spiro atoms. The van der Waals surface area contributed by atoms with Crippen molar-refractivity contribution in [2.24, 2.45) is 0 Å². The van der Waals surface area contributed by atoms with Crippen molar-refractivity contribution < 1.29 is 23.7 Å². The molecule has 7 nitrogen and oxygen atoms in total. The minimum Gasteiger partial charge on any atom is -0.493 e. The predicted molar refractivity (Wildman–Crippen MR) is 148 cm³/mol. The van der Waals surface area contributed by atoms with E-state index in [2.05, 4.69) is 10.2 Å². The topological polar surface area (TPSA) is 69.3 Å². The molecule has 0 aliphatic carbocycles. The van der Waals surface area contributed by atoms with Crippen LogP contribution in [0, 0.1) is 6.92 Å². The summed E-state index contributed by atoms with van der Waals surface area (Å²) < 4.78 is 22.4. The van der Waals surface area contributed by atoms with Crippen LogP contribution < -0.4 is 19.5 Å². The number of carbonyl (C=O) groups excluding carboxylic acids is 1. The molecule has 1 aliphatic rings. The third kappa shape index (κ3) is 5.97. The average Bonchev–Trinajstić information content (AvgIpc) is 2.92. The summed E-state index contributed by atoms with van der Waals surface area (Å²) >= 11 is 5.89. The number of rotatable bonds is 8. The molecule has 3 aromatic carbocycles. The number of aryl methyl sites for hydroxylation is 1. The van der Waals surface area contributed by atoms with Crippen LogP contribution in [0.25, 0.3) is 0 Å². The molecule has 0 bridgehead atoms. The zero-order valence-electron chi connectivity index (χ0n) is 21.6. The number of carbonyl (C=O) groups is 1. The van der Waals surface area contributed by atoms with E-state index in [1.54, 1.807) is 45.4 Å². The number of thiocarbonyl (C=S) groups is 1. The number of nitrogens with zero attached hydrogens (tertiary/aromatic N) is 1. The molecule has 0 radical (unpaired) electrons. The van der Waals surface area contributed by atoms with Crippen LogP contribution in [-0.4, -0.2) is 50.0 Å². The number of esters is 1. The van der Waals surface area contributed by atoms with E-state index in [-0.39, 0.29) is 12.0 Å². The first-order chi connectivity index (χ1) is 17.9. The van der Waals surface area contributed by atoms with E-state index >= 15 is 0 Å². The first-order valence-corrected chi connectivity index (χ1v) is 12.6. The Labute approximate surface area is 223 Å². The highest BCUT2D eigenvalue weighted by Gasteiger charge is 2.31. The fraction of sp³-hybridized carbons (Fsp3) is 0.310. The van der Waals surface area contributed by atoms with E-state index in [9.17, 15) is 4.79 Å². The molecule has 4 rings (SSSR count). The molecular weight excluding hydrogens is 488 g/mol. The number of methoxy groups -OCH3 is 2. The highest BCUT2D eigenvalue weighted by atomic mass is 32.1. The molecule has 1 unspecified atom stereocenters. The van der Waals surface area contributed by atoms with Gasteiger partial charge in [-0.2, -0.15) is 0 Å². The summed E-state index contributed by atoms with van der Waals surface area (Å²) in [5.41, 5.74) is 4.81. The van der Waals surface area contributed by atoms with Crippen molar-refractivity contribution in [3.8, 4) is 17.2 Å². The van der Waals surface area contributed by atoms with Crippen molar-refractivity contribution in [2.45, 2.75) is 26.3 Å². The van der Waals surface area contributed by atoms with Gasteiger partial charge in [-0.05, 0) is 91.6 Å². The summed E-state index contributed by atoms with van der Waals surface area (Å²) in [6, 6.07) is 18.9. The van der Waals surface area contributed by atoms with Crippen LogP contribution in [0.4, 0.5) is 5.69 Å². The molecule has 1 aliphatic heterocycles. The first kappa shape index (κ1) is 26.3. The maximum atomic E-state index is 12.0. The van der Waals surface area contributed by atoms with Crippen LogP contribution >= 0.6 is 12.2 Å². The monoisotopic (exact) mass is 520 g/mol. The smallest absolute Gasteiger partial charge is 0.338 e. The highest BCUT2D eigenvalue weighted by Crippen LogP contribution is 2.38. The maximum Gasteiger partial charge on any atom is 0.338 e. The Balaban J connectivity index is 1.61. The van der Waals surface area contributed by atoms with E-state index in [0.717, 1.165) is 29.8 Å². The summed E-state index contributed by atoms with van der Waals surface area (Å²) in [6.07, 6.45) is 0.802. The summed E-state index contributed by atoms with van der Waals surface area (Å²) in [5.74, 6) is 1.66. The molecule has 0 saturated heterocycles. The Kier molecular flexibility index (Phi) is 8.50. The first-order valence-electron chi connectivity index (χ1n) is 12.2. The van der Waals surface area contributed by atoms with Gasteiger partial charge in [0.25, 0.3) is 0 Å². The Bertz CT molecular complexity index is 1260. The van der Waals surface area contributed by atoms with Crippen molar-refractivity contribution in [2.75, 3.05) is 39.3 Å². The molecule has 194 valence electrons. The number of nitrogens with one attached hydrogen (secondary N) is 1. The quantitative estimate of drug-likeness (QED) is 0.306. The van der Waals surface area contributed by atoms with Crippen LogP contribution in [0.1, 0.15) is 40.0 Å². The lowest BCUT2D eigenvalue weighted by Gasteiger charge is -2.39. The highest BCUT2D eigenvalue weighted by molar-refractivity contribution is 7.80. The fourth-order valence-corrected chi connectivity index (χ4v) is 4.76. The predicted octanol–water partition coefficient (Wildman–Crippen LogP) is 5.56. The Morgan fingerprint density at radius 1 is 1.05 bits per heavy atom. The number of fused-ring (bicyclic) bond motifs is 1. The third-order valence-electron chi connectivity index (χ3n) is 6.42. The molecule has 0 amide bonds. The molecule has 0 saturated carbocycles. The van der Waals surface area contributed by atoms with E-state index in [1.165, 1.54) is 5.56 Å². The molecule has 8 heteroatoms. The second-order valence-corrected chi connectivity index (χ2v) is 9.05. The minimum atomic E-state index is -0.352. The lowest BCUT2D eigenvalue weighted by Crippen LogP contribution is -2.44. The SMILES string of the molecule is CCOC(=O)c1ccc(OCC2c3cc(OC)c(OC)cc3CCN2C(=S)Nc2ccccc2C)cc1. The number of hydrogen-bond donors (Lipinski definition) is 1. The van der Waals surface area contributed by atoms with Gasteiger partial charge in [0.05, 0.1) is 32.4 Å². The lowest BCUT2D eigenvalue weighted by atomic mass is 9.92. The van der Waals surface area contributed by atoms with Gasteiger partial charge in [0.1, 0.15) is 12.4 Å². The summed E-state index contributed by atoms with van der Waals surface area (Å²) in [5, 5.41) is 4.04. The molecule has 3 aromatic rings. The molecule has 1 heterocycles. The normalized spacial score (nSPS) is 14.4. The van der Waals surface area contributed by atoms with Crippen molar-refractivity contribution >= 4 is 29.0 Å². The Morgan fingerprint density at radius 3 is 2.43 bits per heavy atom. The van der Waals surface area contributed by atoms with Gasteiger partial charge in [0.2, 0.25) is 0 Å². The van der Waals surface area contributed by atoms with E-state index in [0.29, 0.717) is 41.1 Å². The lowest BCUT2D eigenvalue weighted by molar-refractivity contribution is 0.0526. The number of benzene rings is 3. The number of ether oxygens (including phenoxy) is 4. The number of para-hydroxylation sites is 1. The van der Waals surface area contributed by atoms with Gasteiger partial charge >= 0.3 is 5.97 Å². The molecule has 0 fully saturated rings. The van der Waals surface area contributed by atoms with Crippen LogP contribution in [0.15, 0.2) is 60.7 Å². The Morgan fingerprint density at radius 2 is 1.76 bits per heavy atom. The average molecular weight is 521 g/mol. The van der Waals surface area contributed by atoms with Crippen molar-refractivity contribution in [1.82, 2.24) is 4.90 Å². The van der Waals surface area contributed by atoms with Crippen LogP contribution in [0.3, 0.4) is 0 Å². The van der Waals surface area contributed by atoms with Gasteiger partial charge in [0, 0.05) is 12.2 Å². The zero-order valence-corrected chi connectivity index (χ0v) is 22.4. The summed E-state index contributed by atoms with van der Waals surface area (Å²) in [6.45, 7) is 5.23. The van der Waals surface area contributed by atoms with Gasteiger partial charge in [-0.1, -0.05) is 18.2 Å². The van der Waals surface area contributed by atoms with E-state index in [1.807, 2.05) is 43.3 Å². The largest absolute Gasteiger partial charge is 0.493 e. The van der Waals surface area contributed by atoms with Gasteiger partial charge in [-0.3, -0.25) is 0 Å². The summed E-state index contributed by atoms with van der Waals surface area (Å²) in [7, 11) is 3.27. The molecule has 1 N–H and O–H groups in total. The van der Waals surface area contributed by atoms with Crippen LogP contribution in [-0.2, 0) is 11.2 Å². The molecular formula is C29H32N2O5S. The number of hydrogen-bond acceptors (Lipinski definition) is 6. The molecule has 0 aromatic heterocycles. The standard InChI is InChI=1S/C29H32N2O5S/c1-5-35-28(32)20-10-12-22(13-11-20)36-18-25-23-17-27(34-4)26(33-3)16-21(23)14-15-31(25)29(37)30-24-9-7-6-8-19(24)2/h6-13,16-17,25H,5,14-15,18H2,1-4H3,(H,30,37). The van der Waals surface area contributed by atoms with Gasteiger partial charge in [-0.25, -0.2) is 4.79 Å². The zero-order chi connectivity index (χ0) is 26.4. The van der Waals surface area contributed by atoms with Gasteiger partial charge < -0.3 is 29.2 Å². The van der Waals surface area contributed by atoms with Gasteiger partial charge in [0.15, 0.2) is 16.6 Å². The summed E-state index contributed by atoms with van der Waals surface area (Å²) in [4.78, 5) is 14.1. The van der Waals surface area contributed by atoms with Crippen molar-refractivity contribution in [3.05, 3.63) is 82.9 Å². The maximum absolute atomic E-state index is 12.0. The van der Waals surface area contributed by atoms with Crippen molar-refractivity contribution in [1.29, 1.82) is 0 Å². The second kappa shape index (κ2) is 12.0.